The zero-order valence-electron chi connectivity index (χ0n) is 13.9. The Hall–Kier alpha value is -2.76. The third-order valence-electron chi connectivity index (χ3n) is 4.19. The van der Waals surface area contributed by atoms with Crippen molar-refractivity contribution < 1.29 is 14.3 Å². The van der Waals surface area contributed by atoms with Crippen LogP contribution in [0.15, 0.2) is 42.6 Å². The Bertz CT molecular complexity index is 703. The van der Waals surface area contributed by atoms with Crippen molar-refractivity contribution in [3.8, 4) is 11.6 Å². The maximum Gasteiger partial charge on any atom is 0.322 e. The molecule has 0 saturated carbocycles. The van der Waals surface area contributed by atoms with Crippen molar-refractivity contribution in [1.29, 1.82) is 0 Å². The van der Waals surface area contributed by atoms with Gasteiger partial charge in [-0.25, -0.2) is 9.78 Å². The number of methoxy groups -OCH3 is 2. The van der Waals surface area contributed by atoms with Crippen LogP contribution < -0.4 is 14.8 Å². The first kappa shape index (κ1) is 16.1. The molecule has 1 aliphatic heterocycles. The van der Waals surface area contributed by atoms with E-state index in [2.05, 4.69) is 10.3 Å². The van der Waals surface area contributed by atoms with Gasteiger partial charge in [0.15, 0.2) is 0 Å². The lowest BCUT2D eigenvalue weighted by Crippen LogP contribution is -2.34. The van der Waals surface area contributed by atoms with E-state index >= 15 is 0 Å². The largest absolute Gasteiger partial charge is 0.497 e. The van der Waals surface area contributed by atoms with Gasteiger partial charge in [-0.2, -0.15) is 0 Å². The quantitative estimate of drug-likeness (QED) is 0.934. The highest BCUT2D eigenvalue weighted by atomic mass is 16.5. The lowest BCUT2D eigenvalue weighted by molar-refractivity contribution is 0.207. The fourth-order valence-electron chi connectivity index (χ4n) is 2.98. The van der Waals surface area contributed by atoms with E-state index in [1.807, 2.05) is 29.2 Å². The van der Waals surface area contributed by atoms with E-state index in [1.54, 1.807) is 32.5 Å². The van der Waals surface area contributed by atoms with E-state index in [1.165, 1.54) is 0 Å². The number of carbonyl (C=O) groups is 1. The Kier molecular flexibility index (Phi) is 4.84. The minimum Gasteiger partial charge on any atom is -0.497 e. The molecule has 2 aromatic rings. The van der Waals surface area contributed by atoms with Crippen LogP contribution in [0.2, 0.25) is 0 Å². The summed E-state index contributed by atoms with van der Waals surface area (Å²) in [6, 6.07) is 11.3. The van der Waals surface area contributed by atoms with Gasteiger partial charge < -0.3 is 19.7 Å². The monoisotopic (exact) mass is 327 g/mol. The molecular weight excluding hydrogens is 306 g/mol. The first-order valence-electron chi connectivity index (χ1n) is 7.93. The van der Waals surface area contributed by atoms with Crippen LogP contribution in [0.4, 0.5) is 10.5 Å². The number of nitrogens with one attached hydrogen (secondary N) is 1. The molecular formula is C18H21N3O3. The Morgan fingerprint density at radius 2 is 2.12 bits per heavy atom. The lowest BCUT2D eigenvalue weighted by atomic mass is 10.0. The zero-order chi connectivity index (χ0) is 16.9. The van der Waals surface area contributed by atoms with Crippen LogP contribution in [-0.2, 0) is 0 Å². The van der Waals surface area contributed by atoms with Crippen LogP contribution in [0.5, 0.6) is 11.6 Å². The second-order valence-electron chi connectivity index (χ2n) is 5.65. The van der Waals surface area contributed by atoms with Gasteiger partial charge in [0.2, 0.25) is 5.88 Å². The van der Waals surface area contributed by atoms with Crippen molar-refractivity contribution in [3.63, 3.8) is 0 Å². The lowest BCUT2D eigenvalue weighted by Gasteiger charge is -2.25. The van der Waals surface area contributed by atoms with Gasteiger partial charge in [0.1, 0.15) is 5.75 Å². The number of anilines is 1. The summed E-state index contributed by atoms with van der Waals surface area (Å²) in [5.74, 6) is 1.32. The molecule has 0 spiro atoms. The van der Waals surface area contributed by atoms with Crippen LogP contribution >= 0.6 is 0 Å². The number of rotatable bonds is 4. The van der Waals surface area contributed by atoms with Crippen molar-refractivity contribution in [1.82, 2.24) is 9.88 Å². The van der Waals surface area contributed by atoms with Crippen molar-refractivity contribution >= 4 is 11.7 Å². The number of pyridine rings is 1. The molecule has 1 saturated heterocycles. The van der Waals surface area contributed by atoms with Gasteiger partial charge in [0.25, 0.3) is 0 Å². The molecule has 24 heavy (non-hydrogen) atoms. The third kappa shape index (κ3) is 3.42. The summed E-state index contributed by atoms with van der Waals surface area (Å²) >= 11 is 0. The van der Waals surface area contributed by atoms with Crippen LogP contribution in [0.25, 0.3) is 0 Å². The van der Waals surface area contributed by atoms with E-state index in [4.69, 9.17) is 9.47 Å². The van der Waals surface area contributed by atoms with E-state index < -0.39 is 0 Å². The minimum absolute atomic E-state index is 0.0614. The molecule has 2 heterocycles. The third-order valence-corrected chi connectivity index (χ3v) is 4.19. The predicted octanol–water partition coefficient (Wildman–Crippen LogP) is 3.47. The van der Waals surface area contributed by atoms with E-state index in [-0.39, 0.29) is 12.1 Å². The molecule has 0 radical (unpaired) electrons. The van der Waals surface area contributed by atoms with Crippen LogP contribution in [0.3, 0.4) is 0 Å². The summed E-state index contributed by atoms with van der Waals surface area (Å²) in [4.78, 5) is 18.6. The number of benzene rings is 1. The molecule has 0 bridgehead atoms. The number of aromatic nitrogens is 1. The average Bonchev–Trinajstić information content (AvgIpc) is 3.12. The number of ether oxygens (including phenoxy) is 2. The summed E-state index contributed by atoms with van der Waals surface area (Å²) in [6.07, 6.45) is 3.52. The molecule has 1 aromatic heterocycles. The standard InChI is InChI=1S/C18H21N3O3/c1-23-15-6-3-5-13(11-15)16-7-4-10-21(16)18(22)20-14-8-9-17(24-2)19-12-14/h3,5-6,8-9,11-12,16H,4,7,10H2,1-2H3,(H,20,22)/t16-/m1/s1. The number of nitrogens with zero attached hydrogens (tertiary/aromatic N) is 2. The topological polar surface area (TPSA) is 63.7 Å². The highest BCUT2D eigenvalue weighted by molar-refractivity contribution is 5.89. The van der Waals surface area contributed by atoms with Gasteiger partial charge in [0, 0.05) is 12.6 Å². The van der Waals surface area contributed by atoms with E-state index in [0.717, 1.165) is 30.7 Å². The highest BCUT2D eigenvalue weighted by Gasteiger charge is 2.30. The normalized spacial score (nSPS) is 16.8. The molecule has 3 rings (SSSR count). The summed E-state index contributed by atoms with van der Waals surface area (Å²) in [7, 11) is 3.21. The summed E-state index contributed by atoms with van der Waals surface area (Å²) in [5, 5.41) is 2.90. The van der Waals surface area contributed by atoms with Gasteiger partial charge in [-0.3, -0.25) is 0 Å². The Balaban J connectivity index is 1.72. The fraction of sp³-hybridized carbons (Fsp3) is 0.333. The van der Waals surface area contributed by atoms with E-state index in [9.17, 15) is 4.79 Å². The number of amides is 2. The van der Waals surface area contributed by atoms with Crippen LogP contribution in [0.1, 0.15) is 24.4 Å². The molecule has 1 N–H and O–H groups in total. The summed E-state index contributed by atoms with van der Waals surface area (Å²) < 4.78 is 10.3. The second-order valence-corrected chi connectivity index (χ2v) is 5.65. The molecule has 126 valence electrons. The molecule has 1 aliphatic rings. The Morgan fingerprint density at radius 1 is 1.25 bits per heavy atom. The molecule has 1 aromatic carbocycles. The van der Waals surface area contributed by atoms with Crippen molar-refractivity contribution in [2.45, 2.75) is 18.9 Å². The number of hydrogen-bond donors (Lipinski definition) is 1. The number of likely N-dealkylation sites (tertiary alicyclic amines) is 1. The highest BCUT2D eigenvalue weighted by Crippen LogP contribution is 2.33. The van der Waals surface area contributed by atoms with Crippen LogP contribution in [-0.4, -0.2) is 36.7 Å². The van der Waals surface area contributed by atoms with Crippen molar-refractivity contribution in [2.24, 2.45) is 0 Å². The van der Waals surface area contributed by atoms with Crippen LogP contribution in [0, 0.1) is 0 Å². The van der Waals surface area contributed by atoms with Gasteiger partial charge in [0.05, 0.1) is 32.1 Å². The smallest absolute Gasteiger partial charge is 0.322 e. The number of carbonyl (C=O) groups excluding carboxylic acids is 1. The number of hydrogen-bond acceptors (Lipinski definition) is 4. The summed E-state index contributed by atoms with van der Waals surface area (Å²) in [5.41, 5.74) is 1.74. The number of urea groups is 1. The molecule has 2 amide bonds. The van der Waals surface area contributed by atoms with Gasteiger partial charge in [-0.1, -0.05) is 12.1 Å². The second kappa shape index (κ2) is 7.21. The first-order chi connectivity index (χ1) is 11.7. The Morgan fingerprint density at radius 3 is 2.83 bits per heavy atom. The molecule has 1 atom stereocenters. The maximum atomic E-state index is 12.6. The van der Waals surface area contributed by atoms with Crippen molar-refractivity contribution in [2.75, 3.05) is 26.1 Å². The summed E-state index contributed by atoms with van der Waals surface area (Å²) in [6.45, 7) is 0.733. The van der Waals surface area contributed by atoms with Gasteiger partial charge >= 0.3 is 6.03 Å². The molecule has 0 aliphatic carbocycles. The predicted molar refractivity (Wildman–Crippen MR) is 91.5 cm³/mol. The maximum absolute atomic E-state index is 12.6. The zero-order valence-corrected chi connectivity index (χ0v) is 13.9. The molecule has 1 fully saturated rings. The van der Waals surface area contributed by atoms with E-state index in [0.29, 0.717) is 11.6 Å². The minimum atomic E-state index is -0.118. The van der Waals surface area contributed by atoms with Crippen molar-refractivity contribution in [3.05, 3.63) is 48.2 Å². The SMILES string of the molecule is COc1cccc([C@H]2CCCN2C(=O)Nc2ccc(OC)nc2)c1. The van der Waals surface area contributed by atoms with Gasteiger partial charge in [-0.15, -0.1) is 0 Å². The first-order valence-corrected chi connectivity index (χ1v) is 7.93. The fourth-order valence-corrected chi connectivity index (χ4v) is 2.98. The molecule has 0 unspecified atom stereocenters. The average molecular weight is 327 g/mol. The van der Waals surface area contributed by atoms with Gasteiger partial charge in [-0.05, 0) is 36.6 Å². The Labute approximate surface area is 141 Å². The molecule has 6 nitrogen and oxygen atoms in total. The molecule has 6 heteroatoms.